The Hall–Kier alpha value is -4.27. The van der Waals surface area contributed by atoms with Crippen LogP contribution in [0.25, 0.3) is 28.6 Å². The van der Waals surface area contributed by atoms with E-state index in [-0.39, 0.29) is 23.3 Å². The minimum absolute atomic E-state index is 0.0642. The minimum atomic E-state index is -0.441. The molecule has 2 aliphatic carbocycles. The summed E-state index contributed by atoms with van der Waals surface area (Å²) in [7, 11) is 1.89. The zero-order valence-corrected chi connectivity index (χ0v) is 24.9. The normalized spacial score (nSPS) is 17.0. The van der Waals surface area contributed by atoms with Crippen molar-refractivity contribution in [3.05, 3.63) is 86.3 Å². The number of carbonyl (C=O) groups is 1. The second kappa shape index (κ2) is 12.5. The number of carbonyl (C=O) groups excluding carboxylic acids is 1. The molecule has 0 aliphatic heterocycles. The predicted molar refractivity (Wildman–Crippen MR) is 169 cm³/mol. The van der Waals surface area contributed by atoms with Crippen molar-refractivity contribution in [2.75, 3.05) is 0 Å². The van der Waals surface area contributed by atoms with Gasteiger partial charge in [0.1, 0.15) is 5.82 Å². The third-order valence-corrected chi connectivity index (χ3v) is 9.26. The number of pyridine rings is 1. The Morgan fingerprint density at radius 3 is 2.09 bits per heavy atom. The van der Waals surface area contributed by atoms with E-state index in [1.165, 1.54) is 11.0 Å². The van der Waals surface area contributed by atoms with Crippen molar-refractivity contribution < 1.29 is 4.79 Å². The van der Waals surface area contributed by atoms with Crippen LogP contribution in [0.3, 0.4) is 0 Å². The number of hydrogen-bond donors (Lipinski definition) is 1. The molecule has 9 nitrogen and oxygen atoms in total. The summed E-state index contributed by atoms with van der Waals surface area (Å²) >= 11 is 0. The van der Waals surface area contributed by atoms with Crippen LogP contribution in [0, 0.1) is 0 Å². The number of aryl methyl sites for hydroxylation is 2. The maximum Gasteiger partial charge on any atom is 0.333 e. The molecule has 3 aromatic heterocycles. The maximum absolute atomic E-state index is 14.1. The van der Waals surface area contributed by atoms with Crippen LogP contribution >= 0.6 is 0 Å². The highest BCUT2D eigenvalue weighted by atomic mass is 16.2. The Kier molecular flexibility index (Phi) is 8.40. The fraction of sp³-hybridized carbons (Fsp3) is 0.441. The van der Waals surface area contributed by atoms with Crippen LogP contribution in [-0.2, 0) is 18.3 Å². The maximum atomic E-state index is 14.1. The zero-order chi connectivity index (χ0) is 29.9. The number of primary amides is 1. The Labute approximate surface area is 251 Å². The van der Waals surface area contributed by atoms with Gasteiger partial charge in [0.15, 0.2) is 11.2 Å². The molecule has 0 atom stereocenters. The number of hydrogen-bond acceptors (Lipinski definition) is 5. The summed E-state index contributed by atoms with van der Waals surface area (Å²) in [6.07, 6.45) is 16.7. The van der Waals surface area contributed by atoms with Gasteiger partial charge >= 0.3 is 5.69 Å². The van der Waals surface area contributed by atoms with Gasteiger partial charge in [0, 0.05) is 42.7 Å². The van der Waals surface area contributed by atoms with E-state index in [1.54, 1.807) is 12.4 Å². The first-order chi connectivity index (χ1) is 20.9. The minimum Gasteiger partial charge on any atom is -0.366 e. The predicted octanol–water partition coefficient (Wildman–Crippen LogP) is 5.47. The summed E-state index contributed by atoms with van der Waals surface area (Å²) in [6.45, 7) is 0. The molecule has 224 valence electrons. The number of benzene rings is 1. The summed E-state index contributed by atoms with van der Waals surface area (Å²) in [5, 5.41) is 0. The highest BCUT2D eigenvalue weighted by Gasteiger charge is 2.29. The van der Waals surface area contributed by atoms with E-state index in [4.69, 9.17) is 10.7 Å². The van der Waals surface area contributed by atoms with Gasteiger partial charge in [-0.05, 0) is 67.9 Å². The Balaban J connectivity index is 1.38. The van der Waals surface area contributed by atoms with Gasteiger partial charge in [-0.3, -0.25) is 23.7 Å². The fourth-order valence-corrected chi connectivity index (χ4v) is 6.93. The molecule has 6 rings (SSSR count). The van der Waals surface area contributed by atoms with Gasteiger partial charge in [-0.15, -0.1) is 0 Å². The molecule has 2 aliphatic rings. The first-order valence-corrected chi connectivity index (χ1v) is 15.7. The number of imidazole rings is 1. The van der Waals surface area contributed by atoms with E-state index in [2.05, 4.69) is 4.98 Å². The van der Waals surface area contributed by atoms with Gasteiger partial charge in [-0.25, -0.2) is 9.78 Å². The van der Waals surface area contributed by atoms with Crippen molar-refractivity contribution in [3.63, 3.8) is 0 Å². The van der Waals surface area contributed by atoms with Gasteiger partial charge in [-0.2, -0.15) is 0 Å². The van der Waals surface area contributed by atoms with Gasteiger partial charge in [0.25, 0.3) is 5.56 Å². The van der Waals surface area contributed by atoms with Crippen molar-refractivity contribution in [1.29, 1.82) is 0 Å². The van der Waals surface area contributed by atoms with Crippen LogP contribution in [-0.4, -0.2) is 29.6 Å². The first-order valence-electron chi connectivity index (χ1n) is 15.7. The second-order valence-corrected chi connectivity index (χ2v) is 12.1. The first kappa shape index (κ1) is 28.8. The number of rotatable bonds is 8. The quantitative estimate of drug-likeness (QED) is 0.277. The van der Waals surface area contributed by atoms with Crippen molar-refractivity contribution >= 4 is 23.1 Å². The molecule has 0 spiro atoms. The van der Waals surface area contributed by atoms with Crippen molar-refractivity contribution in [1.82, 2.24) is 23.7 Å². The van der Waals surface area contributed by atoms with Gasteiger partial charge in [0.2, 0.25) is 5.91 Å². The molecule has 9 heteroatoms. The van der Waals surface area contributed by atoms with Crippen LogP contribution in [0.2, 0.25) is 0 Å². The number of nitrogens with zero attached hydrogens (tertiary/aromatic N) is 5. The molecule has 2 saturated carbocycles. The van der Waals surface area contributed by atoms with Crippen molar-refractivity contribution in [3.8, 4) is 11.4 Å². The molecule has 2 fully saturated rings. The zero-order valence-electron chi connectivity index (χ0n) is 24.9. The van der Waals surface area contributed by atoms with Crippen LogP contribution in [0.1, 0.15) is 93.8 Å². The average Bonchev–Trinajstić information content (AvgIpc) is 3.38. The number of fused-ring (bicyclic) bond motifs is 1. The van der Waals surface area contributed by atoms with E-state index in [1.807, 2.05) is 58.7 Å². The molecule has 0 saturated heterocycles. The molecule has 43 heavy (non-hydrogen) atoms. The Bertz CT molecular complexity index is 1750. The van der Waals surface area contributed by atoms with Crippen molar-refractivity contribution in [2.45, 2.75) is 89.1 Å². The molecular weight excluding hydrogens is 540 g/mol. The van der Waals surface area contributed by atoms with Crippen molar-refractivity contribution in [2.24, 2.45) is 12.8 Å². The van der Waals surface area contributed by atoms with E-state index < -0.39 is 5.91 Å². The van der Waals surface area contributed by atoms with Crippen LogP contribution < -0.4 is 17.0 Å². The molecule has 2 N–H and O–H groups in total. The molecule has 1 aromatic carbocycles. The van der Waals surface area contributed by atoms with E-state index in [9.17, 15) is 14.4 Å². The number of nitrogens with two attached hydrogens (primary N) is 1. The molecule has 0 radical (unpaired) electrons. The summed E-state index contributed by atoms with van der Waals surface area (Å²) in [6, 6.07) is 11.6. The summed E-state index contributed by atoms with van der Waals surface area (Å²) in [4.78, 5) is 49.1. The molecular formula is C34H40N6O3. The Morgan fingerprint density at radius 2 is 1.49 bits per heavy atom. The van der Waals surface area contributed by atoms with Gasteiger partial charge in [0.05, 0.1) is 0 Å². The number of amides is 1. The summed E-state index contributed by atoms with van der Waals surface area (Å²) in [5.74, 6) is 0.198. The largest absolute Gasteiger partial charge is 0.366 e. The molecule has 0 unspecified atom stereocenters. The molecule has 3 heterocycles. The highest BCUT2D eigenvalue weighted by molar-refractivity contribution is 5.96. The second-order valence-electron chi connectivity index (χ2n) is 12.1. The standard InChI is InChI=1S/C34H40N6O3/c1-38-31(25-15-13-24(14-16-25)22-26(30(35)41)17-12-23-18-20-36-21-19-23)37-29-32(38)39(27-8-4-2-5-9-27)34(43)40(33(29)42)28-10-6-3-7-11-28/h13-16,18-22,27-28H,2-12,17H2,1H3,(H2,35,41)/b26-22+. The Morgan fingerprint density at radius 1 is 0.884 bits per heavy atom. The van der Waals surface area contributed by atoms with Crippen LogP contribution in [0.4, 0.5) is 0 Å². The lowest BCUT2D eigenvalue weighted by atomic mass is 9.94. The SMILES string of the molecule is Cn1c(-c2ccc(/C=C(\CCc3ccncc3)C(N)=O)cc2)nc2c(=O)n(C3CCCCC3)c(=O)n(C3CCCCC3)c21. The fourth-order valence-electron chi connectivity index (χ4n) is 6.93. The van der Waals surface area contributed by atoms with E-state index >= 15 is 0 Å². The van der Waals surface area contributed by atoms with Crippen LogP contribution in [0.15, 0.2) is 64.0 Å². The smallest absolute Gasteiger partial charge is 0.333 e. The number of aromatic nitrogens is 5. The topological polar surface area (TPSA) is 118 Å². The lowest BCUT2D eigenvalue weighted by Gasteiger charge is -2.28. The molecule has 0 bridgehead atoms. The van der Waals surface area contributed by atoms with Gasteiger partial charge in [-0.1, -0.05) is 62.8 Å². The van der Waals surface area contributed by atoms with E-state index in [0.717, 1.165) is 74.5 Å². The molecule has 1 amide bonds. The summed E-state index contributed by atoms with van der Waals surface area (Å²) < 4.78 is 5.32. The highest BCUT2D eigenvalue weighted by Crippen LogP contribution is 2.32. The third kappa shape index (κ3) is 5.85. The summed E-state index contributed by atoms with van der Waals surface area (Å²) in [5.41, 5.74) is 9.55. The lowest BCUT2D eigenvalue weighted by Crippen LogP contribution is -2.44. The lowest BCUT2D eigenvalue weighted by molar-refractivity contribution is -0.114. The third-order valence-electron chi connectivity index (χ3n) is 9.26. The van der Waals surface area contributed by atoms with Gasteiger partial charge < -0.3 is 10.3 Å². The monoisotopic (exact) mass is 580 g/mol. The average molecular weight is 581 g/mol. The van der Waals surface area contributed by atoms with Crippen LogP contribution in [0.5, 0.6) is 0 Å². The molecule has 4 aromatic rings. The van der Waals surface area contributed by atoms with E-state index in [0.29, 0.717) is 35.4 Å².